The molecular weight excluding hydrogens is 401 g/mol. The average molecular weight is 424 g/mol. The maximum atomic E-state index is 6.05. The van der Waals surface area contributed by atoms with E-state index in [1.165, 1.54) is 11.1 Å². The molecule has 0 bridgehead atoms. The number of anilines is 1. The van der Waals surface area contributed by atoms with Gasteiger partial charge in [0.25, 0.3) is 0 Å². The topological polar surface area (TPSA) is 27.6 Å². The highest BCUT2D eigenvalue weighted by molar-refractivity contribution is 6.30. The Bertz CT molecular complexity index is 954. The third-order valence-corrected chi connectivity index (χ3v) is 5.64. The van der Waals surface area contributed by atoms with Crippen LogP contribution in [0.1, 0.15) is 11.1 Å². The minimum absolute atomic E-state index is 0.315. The van der Waals surface area contributed by atoms with E-state index >= 15 is 0 Å². The zero-order valence-electron chi connectivity index (χ0n) is 16.1. The summed E-state index contributed by atoms with van der Waals surface area (Å²) in [7, 11) is 0. The summed E-state index contributed by atoms with van der Waals surface area (Å²) < 4.78 is 0. The van der Waals surface area contributed by atoms with E-state index < -0.39 is 0 Å². The fourth-order valence-electron chi connectivity index (χ4n) is 3.58. The van der Waals surface area contributed by atoms with Crippen LogP contribution in [0.5, 0.6) is 0 Å². The van der Waals surface area contributed by atoms with E-state index in [1.807, 2.05) is 36.4 Å². The number of nitrogens with zero attached hydrogens (tertiary/aromatic N) is 2. The van der Waals surface area contributed by atoms with Crippen LogP contribution < -0.4 is 5.32 Å². The quantitative estimate of drug-likeness (QED) is 0.531. The summed E-state index contributed by atoms with van der Waals surface area (Å²) in [5.41, 5.74) is 3.59. The van der Waals surface area contributed by atoms with Crippen molar-refractivity contribution >= 4 is 34.8 Å². The van der Waals surface area contributed by atoms with Crippen LogP contribution in [0.15, 0.2) is 83.9 Å². The maximum Gasteiger partial charge on any atom is 0.198 e. The normalized spacial score (nSPS) is 16.0. The highest BCUT2D eigenvalue weighted by Gasteiger charge is 2.27. The van der Waals surface area contributed by atoms with Crippen LogP contribution in [0.4, 0.5) is 5.69 Å². The fourth-order valence-corrected chi connectivity index (χ4v) is 3.83. The molecule has 0 radical (unpaired) electrons. The van der Waals surface area contributed by atoms with Crippen molar-refractivity contribution in [2.24, 2.45) is 4.99 Å². The van der Waals surface area contributed by atoms with Crippen molar-refractivity contribution in [3.05, 3.63) is 100 Å². The molecule has 5 heteroatoms. The van der Waals surface area contributed by atoms with Gasteiger partial charge in [0.15, 0.2) is 5.96 Å². The Morgan fingerprint density at radius 3 is 2.17 bits per heavy atom. The molecule has 1 aliphatic heterocycles. The standard InChI is InChI=1S/C24H23Cl2N3/c25-20-8-6-19(7-9-20)16-23-17-27-24(28-22-12-10-21(26)11-13-22)29(23)15-14-18-4-2-1-3-5-18/h1-13,23H,14-17H2,(H,27,28)/t23-/m0/s1. The number of halogens is 2. The molecule has 0 saturated carbocycles. The molecule has 0 unspecified atom stereocenters. The molecule has 3 nitrogen and oxygen atoms in total. The van der Waals surface area contributed by atoms with Gasteiger partial charge in [-0.1, -0.05) is 65.7 Å². The molecule has 1 N–H and O–H groups in total. The first-order valence-electron chi connectivity index (χ1n) is 9.79. The van der Waals surface area contributed by atoms with Crippen LogP contribution in [0.2, 0.25) is 10.0 Å². The highest BCUT2D eigenvalue weighted by atomic mass is 35.5. The molecule has 0 saturated heterocycles. The summed E-state index contributed by atoms with van der Waals surface area (Å²) in [5.74, 6) is 0.919. The van der Waals surface area contributed by atoms with E-state index in [-0.39, 0.29) is 0 Å². The fraction of sp³-hybridized carbons (Fsp3) is 0.208. The lowest BCUT2D eigenvalue weighted by Crippen LogP contribution is -2.42. The molecule has 0 fully saturated rings. The summed E-state index contributed by atoms with van der Waals surface area (Å²) in [6.07, 6.45) is 1.90. The average Bonchev–Trinajstić information content (AvgIpc) is 3.11. The van der Waals surface area contributed by atoms with Gasteiger partial charge < -0.3 is 10.2 Å². The number of guanidine groups is 1. The van der Waals surface area contributed by atoms with Crippen LogP contribution in [0.25, 0.3) is 0 Å². The lowest BCUT2D eigenvalue weighted by molar-refractivity contribution is 0.343. The smallest absolute Gasteiger partial charge is 0.198 e. The number of nitrogens with one attached hydrogen (secondary N) is 1. The first-order valence-corrected chi connectivity index (χ1v) is 10.5. The Morgan fingerprint density at radius 1 is 0.828 bits per heavy atom. The molecule has 0 amide bonds. The second-order valence-electron chi connectivity index (χ2n) is 7.21. The number of hydrogen-bond acceptors (Lipinski definition) is 3. The minimum Gasteiger partial charge on any atom is -0.337 e. The lowest BCUT2D eigenvalue weighted by atomic mass is 10.0. The number of aliphatic imine (C=N–C) groups is 1. The Labute approximate surface area is 182 Å². The molecule has 4 rings (SSSR count). The number of benzene rings is 3. The predicted octanol–water partition coefficient (Wildman–Crippen LogP) is 5.93. The van der Waals surface area contributed by atoms with Gasteiger partial charge in [0, 0.05) is 22.3 Å². The molecule has 0 spiro atoms. The van der Waals surface area contributed by atoms with Gasteiger partial charge in [-0.05, 0) is 60.4 Å². The van der Waals surface area contributed by atoms with Crippen LogP contribution in [-0.2, 0) is 12.8 Å². The molecule has 3 aromatic rings. The third kappa shape index (κ3) is 5.31. The van der Waals surface area contributed by atoms with Crippen molar-refractivity contribution in [3.63, 3.8) is 0 Å². The summed E-state index contributed by atoms with van der Waals surface area (Å²) in [5, 5.41) is 4.97. The second kappa shape index (κ2) is 9.34. The van der Waals surface area contributed by atoms with Crippen LogP contribution in [0.3, 0.4) is 0 Å². The summed E-state index contributed by atoms with van der Waals surface area (Å²) in [4.78, 5) is 7.20. The van der Waals surface area contributed by atoms with Crippen molar-refractivity contribution in [2.45, 2.75) is 18.9 Å². The first kappa shape index (κ1) is 19.8. The zero-order chi connectivity index (χ0) is 20.1. The molecule has 0 aliphatic carbocycles. The monoisotopic (exact) mass is 423 g/mol. The summed E-state index contributed by atoms with van der Waals surface area (Å²) in [6.45, 7) is 1.68. The minimum atomic E-state index is 0.315. The van der Waals surface area contributed by atoms with Gasteiger partial charge in [-0.15, -0.1) is 0 Å². The Morgan fingerprint density at radius 2 is 1.48 bits per heavy atom. The Balaban J connectivity index is 1.49. The van der Waals surface area contributed by atoms with Crippen molar-refractivity contribution in [1.82, 2.24) is 4.90 Å². The van der Waals surface area contributed by atoms with Gasteiger partial charge in [-0.3, -0.25) is 4.99 Å². The predicted molar refractivity (Wildman–Crippen MR) is 123 cm³/mol. The molecule has 1 atom stereocenters. The van der Waals surface area contributed by atoms with E-state index in [1.54, 1.807) is 0 Å². The third-order valence-electron chi connectivity index (χ3n) is 5.13. The van der Waals surface area contributed by atoms with Gasteiger partial charge in [-0.25, -0.2) is 0 Å². The summed E-state index contributed by atoms with van der Waals surface area (Å²) in [6, 6.07) is 26.7. The van der Waals surface area contributed by atoms with Crippen LogP contribution in [-0.4, -0.2) is 30.0 Å². The molecular formula is C24H23Cl2N3. The van der Waals surface area contributed by atoms with E-state index in [0.29, 0.717) is 6.04 Å². The van der Waals surface area contributed by atoms with Crippen LogP contribution >= 0.6 is 23.2 Å². The lowest BCUT2D eigenvalue weighted by Gasteiger charge is -2.28. The van der Waals surface area contributed by atoms with Crippen LogP contribution in [0, 0.1) is 0 Å². The molecule has 29 heavy (non-hydrogen) atoms. The van der Waals surface area contributed by atoms with Crippen molar-refractivity contribution in [2.75, 3.05) is 18.4 Å². The molecule has 3 aromatic carbocycles. The van der Waals surface area contributed by atoms with Gasteiger partial charge in [0.05, 0.1) is 12.6 Å². The summed E-state index contributed by atoms with van der Waals surface area (Å²) >= 11 is 12.1. The molecule has 1 aliphatic rings. The Hall–Kier alpha value is -2.49. The maximum absolute atomic E-state index is 6.05. The highest BCUT2D eigenvalue weighted by Crippen LogP contribution is 2.21. The molecule has 0 aromatic heterocycles. The largest absolute Gasteiger partial charge is 0.337 e. The van der Waals surface area contributed by atoms with E-state index in [2.05, 4.69) is 52.7 Å². The second-order valence-corrected chi connectivity index (χ2v) is 8.08. The van der Waals surface area contributed by atoms with Crippen molar-refractivity contribution in [1.29, 1.82) is 0 Å². The zero-order valence-corrected chi connectivity index (χ0v) is 17.6. The van der Waals surface area contributed by atoms with Gasteiger partial charge in [0.2, 0.25) is 0 Å². The van der Waals surface area contributed by atoms with E-state index in [0.717, 1.165) is 47.6 Å². The first-order chi connectivity index (χ1) is 14.2. The van der Waals surface area contributed by atoms with Crippen molar-refractivity contribution in [3.8, 4) is 0 Å². The van der Waals surface area contributed by atoms with Crippen molar-refractivity contribution < 1.29 is 0 Å². The van der Waals surface area contributed by atoms with Gasteiger partial charge >= 0.3 is 0 Å². The molecule has 148 valence electrons. The number of hydrogen-bond donors (Lipinski definition) is 1. The van der Waals surface area contributed by atoms with E-state index in [9.17, 15) is 0 Å². The van der Waals surface area contributed by atoms with E-state index in [4.69, 9.17) is 28.2 Å². The molecule has 1 heterocycles. The number of rotatable bonds is 6. The van der Waals surface area contributed by atoms with Gasteiger partial charge in [-0.2, -0.15) is 0 Å². The van der Waals surface area contributed by atoms with Gasteiger partial charge in [0.1, 0.15) is 0 Å². The SMILES string of the molecule is Clc1ccc(C[C@H]2CN=C(Nc3ccc(Cl)cc3)N2CCc2ccccc2)cc1. The Kier molecular flexibility index (Phi) is 6.38.